The zero-order valence-corrected chi connectivity index (χ0v) is 12.8. The number of carbonyl (C=O) groups excluding carboxylic acids is 1. The number of rotatable bonds is 4. The summed E-state index contributed by atoms with van der Waals surface area (Å²) in [5, 5.41) is 1.99. The number of piperidine rings is 1. The Balaban J connectivity index is 2.08. The highest BCUT2D eigenvalue weighted by Gasteiger charge is 2.29. The van der Waals surface area contributed by atoms with E-state index in [0.29, 0.717) is 17.4 Å². The van der Waals surface area contributed by atoms with Crippen LogP contribution in [0.1, 0.15) is 29.8 Å². The number of sulfonamides is 1. The minimum Gasteiger partial charge on any atom is -0.375 e. The summed E-state index contributed by atoms with van der Waals surface area (Å²) in [7, 11) is -3.25. The minimum atomic E-state index is -3.25. The van der Waals surface area contributed by atoms with Gasteiger partial charge in [-0.25, -0.2) is 18.1 Å². The normalized spacial score (nSPS) is 20.1. The molecule has 0 aliphatic carbocycles. The number of amides is 1. The second kappa shape index (κ2) is 6.06. The lowest BCUT2D eigenvalue weighted by molar-refractivity contribution is 0.0613. The van der Waals surface area contributed by atoms with Gasteiger partial charge in [0.1, 0.15) is 5.69 Å². The highest BCUT2D eigenvalue weighted by atomic mass is 32.2. The monoisotopic (exact) mass is 318 g/mol. The molecule has 2 rings (SSSR count). The molecular weight excluding hydrogens is 300 g/mol. The van der Waals surface area contributed by atoms with Gasteiger partial charge in [0.2, 0.25) is 10.0 Å². The molecule has 1 aliphatic heterocycles. The molecule has 0 radical (unpaired) electrons. The van der Waals surface area contributed by atoms with E-state index in [1.54, 1.807) is 10.3 Å². The summed E-state index contributed by atoms with van der Waals surface area (Å²) < 4.78 is 24.8. The van der Waals surface area contributed by atoms with E-state index >= 15 is 0 Å². The highest BCUT2D eigenvalue weighted by molar-refractivity contribution is 7.88. The van der Waals surface area contributed by atoms with Crippen LogP contribution in [0.25, 0.3) is 0 Å². The van der Waals surface area contributed by atoms with Crippen molar-refractivity contribution >= 4 is 32.4 Å². The topological polar surface area (TPSA) is 105 Å². The van der Waals surface area contributed by atoms with Gasteiger partial charge in [-0.2, -0.15) is 0 Å². The van der Waals surface area contributed by atoms with E-state index in [-0.39, 0.29) is 18.5 Å². The first-order valence-electron chi connectivity index (χ1n) is 6.33. The van der Waals surface area contributed by atoms with Crippen LogP contribution in [0.4, 0.5) is 5.13 Å². The van der Waals surface area contributed by atoms with Gasteiger partial charge in [-0.05, 0) is 19.3 Å². The number of nitrogens with one attached hydrogen (secondary N) is 1. The average molecular weight is 318 g/mol. The number of hydrogen-bond acceptors (Lipinski definition) is 6. The molecule has 1 aromatic heterocycles. The van der Waals surface area contributed by atoms with E-state index in [2.05, 4.69) is 9.71 Å². The zero-order chi connectivity index (χ0) is 14.8. The standard InChI is InChI=1S/C11H18N4O3S2/c1-20(17,18)13-6-8-4-2-3-5-15(8)10(16)9-7-19-11(12)14-9/h7-8,13H,2-6H2,1H3,(H2,12,14). The Morgan fingerprint density at radius 3 is 2.95 bits per heavy atom. The number of nitrogens with two attached hydrogens (primary N) is 1. The molecule has 112 valence electrons. The predicted molar refractivity (Wildman–Crippen MR) is 78.0 cm³/mol. The number of thiazole rings is 1. The third kappa shape index (κ3) is 3.90. The Morgan fingerprint density at radius 1 is 1.60 bits per heavy atom. The second-order valence-corrected chi connectivity index (χ2v) is 7.56. The van der Waals surface area contributed by atoms with Crippen molar-refractivity contribution in [2.75, 3.05) is 25.1 Å². The highest BCUT2D eigenvalue weighted by Crippen LogP contribution is 2.21. The molecule has 3 N–H and O–H groups in total. The molecule has 9 heteroatoms. The van der Waals surface area contributed by atoms with Crippen molar-refractivity contribution in [2.45, 2.75) is 25.3 Å². The van der Waals surface area contributed by atoms with E-state index in [0.717, 1.165) is 25.5 Å². The van der Waals surface area contributed by atoms with E-state index in [9.17, 15) is 13.2 Å². The van der Waals surface area contributed by atoms with Crippen LogP contribution in [0.15, 0.2) is 5.38 Å². The molecule has 1 aromatic rings. The number of carbonyl (C=O) groups is 1. The number of nitrogen functional groups attached to an aromatic ring is 1. The fourth-order valence-electron chi connectivity index (χ4n) is 2.26. The van der Waals surface area contributed by atoms with E-state index < -0.39 is 10.0 Å². The molecule has 0 aromatic carbocycles. The van der Waals surface area contributed by atoms with Crippen molar-refractivity contribution in [1.29, 1.82) is 0 Å². The number of anilines is 1. The Hall–Kier alpha value is -1.19. The fourth-order valence-corrected chi connectivity index (χ4v) is 3.29. The maximum atomic E-state index is 12.4. The van der Waals surface area contributed by atoms with Crippen molar-refractivity contribution in [1.82, 2.24) is 14.6 Å². The lowest BCUT2D eigenvalue weighted by atomic mass is 10.0. The van der Waals surface area contributed by atoms with Gasteiger partial charge in [-0.1, -0.05) is 0 Å². The van der Waals surface area contributed by atoms with Crippen molar-refractivity contribution in [3.8, 4) is 0 Å². The maximum absolute atomic E-state index is 12.4. The number of hydrogen-bond donors (Lipinski definition) is 2. The Labute approximate surface area is 122 Å². The third-order valence-electron chi connectivity index (χ3n) is 3.21. The Bertz CT molecular complexity index is 584. The van der Waals surface area contributed by atoms with Crippen molar-refractivity contribution in [2.24, 2.45) is 0 Å². The molecule has 1 atom stereocenters. The molecule has 1 amide bonds. The van der Waals surface area contributed by atoms with Gasteiger partial charge in [0.25, 0.3) is 5.91 Å². The smallest absolute Gasteiger partial charge is 0.273 e. The fraction of sp³-hybridized carbons (Fsp3) is 0.636. The summed E-state index contributed by atoms with van der Waals surface area (Å²) in [4.78, 5) is 18.1. The van der Waals surface area contributed by atoms with Crippen molar-refractivity contribution < 1.29 is 13.2 Å². The molecule has 0 saturated carbocycles. The predicted octanol–water partition coefficient (Wildman–Crippen LogP) is 0.269. The van der Waals surface area contributed by atoms with Gasteiger partial charge in [-0.15, -0.1) is 11.3 Å². The van der Waals surface area contributed by atoms with E-state index in [4.69, 9.17) is 5.73 Å². The first-order chi connectivity index (χ1) is 9.37. The lowest BCUT2D eigenvalue weighted by Crippen LogP contribution is -2.49. The largest absolute Gasteiger partial charge is 0.375 e. The average Bonchev–Trinajstić information content (AvgIpc) is 2.82. The van der Waals surface area contributed by atoms with E-state index in [1.807, 2.05) is 0 Å². The summed E-state index contributed by atoms with van der Waals surface area (Å²) in [5.74, 6) is -0.182. The number of nitrogens with zero attached hydrogens (tertiary/aromatic N) is 2. The van der Waals surface area contributed by atoms with Gasteiger partial charge >= 0.3 is 0 Å². The first-order valence-corrected chi connectivity index (χ1v) is 9.10. The second-order valence-electron chi connectivity index (χ2n) is 4.84. The molecule has 1 aliphatic rings. The molecule has 1 fully saturated rings. The number of aromatic nitrogens is 1. The van der Waals surface area contributed by atoms with Crippen LogP contribution in [0.3, 0.4) is 0 Å². The molecule has 2 heterocycles. The number of likely N-dealkylation sites (tertiary alicyclic amines) is 1. The Morgan fingerprint density at radius 2 is 2.35 bits per heavy atom. The van der Waals surface area contributed by atoms with Gasteiger partial charge in [0.15, 0.2) is 5.13 Å². The van der Waals surface area contributed by atoms with Crippen LogP contribution in [0, 0.1) is 0 Å². The molecule has 20 heavy (non-hydrogen) atoms. The van der Waals surface area contributed by atoms with Gasteiger partial charge in [-0.3, -0.25) is 4.79 Å². The van der Waals surface area contributed by atoms with Crippen LogP contribution in [-0.2, 0) is 10.0 Å². The van der Waals surface area contributed by atoms with Crippen LogP contribution in [0.2, 0.25) is 0 Å². The Kier molecular flexibility index (Phi) is 4.61. The minimum absolute atomic E-state index is 0.131. The van der Waals surface area contributed by atoms with Crippen molar-refractivity contribution in [3.05, 3.63) is 11.1 Å². The van der Waals surface area contributed by atoms with Gasteiger partial charge in [0.05, 0.1) is 6.26 Å². The quantitative estimate of drug-likeness (QED) is 0.829. The molecular formula is C11H18N4O3S2. The van der Waals surface area contributed by atoms with Crippen LogP contribution in [0.5, 0.6) is 0 Å². The van der Waals surface area contributed by atoms with Gasteiger partial charge < -0.3 is 10.6 Å². The summed E-state index contributed by atoms with van der Waals surface area (Å²) >= 11 is 1.22. The van der Waals surface area contributed by atoms with E-state index in [1.165, 1.54) is 11.3 Å². The molecule has 1 unspecified atom stereocenters. The summed E-state index contributed by atoms with van der Waals surface area (Å²) in [5.41, 5.74) is 5.87. The van der Waals surface area contributed by atoms with Gasteiger partial charge in [0, 0.05) is 24.5 Å². The van der Waals surface area contributed by atoms with Crippen LogP contribution < -0.4 is 10.5 Å². The molecule has 1 saturated heterocycles. The summed E-state index contributed by atoms with van der Waals surface area (Å²) in [6.45, 7) is 0.858. The van der Waals surface area contributed by atoms with Crippen LogP contribution in [-0.4, -0.2) is 49.6 Å². The summed E-state index contributed by atoms with van der Waals surface area (Å²) in [6.07, 6.45) is 3.80. The lowest BCUT2D eigenvalue weighted by Gasteiger charge is -2.35. The molecule has 0 bridgehead atoms. The van der Waals surface area contributed by atoms with Crippen LogP contribution >= 0.6 is 11.3 Å². The molecule has 0 spiro atoms. The molecule has 7 nitrogen and oxygen atoms in total. The summed E-state index contributed by atoms with van der Waals surface area (Å²) in [6, 6.07) is -0.131. The SMILES string of the molecule is CS(=O)(=O)NCC1CCCCN1C(=O)c1csc(N)n1. The van der Waals surface area contributed by atoms with Crippen molar-refractivity contribution in [3.63, 3.8) is 0 Å². The zero-order valence-electron chi connectivity index (χ0n) is 11.2. The first kappa shape index (κ1) is 15.2. The third-order valence-corrected chi connectivity index (χ3v) is 4.58. The maximum Gasteiger partial charge on any atom is 0.273 e.